The Kier molecular flexibility index (Phi) is 5.01. The largest absolute Gasteiger partial charge is 0.368 e. The standard InChI is InChI=1S/C17H36N2O/c1-12(15(2,3)4)19(10)11-13-14(18-9)17(7,8)20-16(13,5)6/h12-14,18H,11H2,1-10H3. The molecule has 0 radical (unpaired) electrons. The molecule has 1 aliphatic heterocycles. The molecular formula is C17H36N2O. The minimum atomic E-state index is -0.116. The van der Waals surface area contributed by atoms with Crippen LogP contribution in [0.15, 0.2) is 0 Å². The van der Waals surface area contributed by atoms with E-state index < -0.39 is 0 Å². The highest BCUT2D eigenvalue weighted by Gasteiger charge is 2.53. The summed E-state index contributed by atoms with van der Waals surface area (Å²) >= 11 is 0. The van der Waals surface area contributed by atoms with E-state index in [1.165, 1.54) is 0 Å². The first-order chi connectivity index (χ1) is 8.83. The Hall–Kier alpha value is -0.120. The summed E-state index contributed by atoms with van der Waals surface area (Å²) in [6.07, 6.45) is 0. The molecule has 1 saturated heterocycles. The molecule has 0 amide bonds. The van der Waals surface area contributed by atoms with Crippen molar-refractivity contribution in [2.24, 2.45) is 11.3 Å². The van der Waals surface area contributed by atoms with Gasteiger partial charge >= 0.3 is 0 Å². The second-order valence-corrected chi connectivity index (χ2v) is 8.66. The van der Waals surface area contributed by atoms with Gasteiger partial charge in [-0.15, -0.1) is 0 Å². The van der Waals surface area contributed by atoms with E-state index in [-0.39, 0.29) is 11.2 Å². The van der Waals surface area contributed by atoms with Crippen LogP contribution in [0, 0.1) is 11.3 Å². The number of nitrogens with one attached hydrogen (secondary N) is 1. The third kappa shape index (κ3) is 3.55. The highest BCUT2D eigenvalue weighted by atomic mass is 16.5. The van der Waals surface area contributed by atoms with E-state index in [9.17, 15) is 0 Å². The number of hydrogen-bond donors (Lipinski definition) is 1. The first kappa shape index (κ1) is 17.9. The number of nitrogens with zero attached hydrogens (tertiary/aromatic N) is 1. The van der Waals surface area contributed by atoms with E-state index in [1.54, 1.807) is 0 Å². The molecule has 3 heteroatoms. The Labute approximate surface area is 126 Å². The molecule has 0 bridgehead atoms. The summed E-state index contributed by atoms with van der Waals surface area (Å²) < 4.78 is 6.33. The Morgan fingerprint density at radius 2 is 1.65 bits per heavy atom. The molecule has 0 aliphatic carbocycles. The van der Waals surface area contributed by atoms with Gasteiger partial charge in [0.25, 0.3) is 0 Å². The molecule has 1 heterocycles. The Bertz CT molecular complexity index is 330. The maximum absolute atomic E-state index is 6.33. The molecule has 1 aliphatic rings. The third-order valence-corrected chi connectivity index (χ3v) is 5.28. The summed E-state index contributed by atoms with van der Waals surface area (Å²) in [5.74, 6) is 0.484. The van der Waals surface area contributed by atoms with Crippen molar-refractivity contribution in [1.29, 1.82) is 0 Å². The van der Waals surface area contributed by atoms with Gasteiger partial charge in [-0.1, -0.05) is 20.8 Å². The van der Waals surface area contributed by atoms with Gasteiger partial charge < -0.3 is 15.0 Å². The van der Waals surface area contributed by atoms with Gasteiger partial charge in [0.15, 0.2) is 0 Å². The van der Waals surface area contributed by atoms with Crippen molar-refractivity contribution in [3.05, 3.63) is 0 Å². The van der Waals surface area contributed by atoms with Crippen LogP contribution in [0.4, 0.5) is 0 Å². The molecule has 0 spiro atoms. The fourth-order valence-corrected chi connectivity index (χ4v) is 3.71. The Balaban J connectivity index is 2.89. The Morgan fingerprint density at radius 3 is 2.05 bits per heavy atom. The van der Waals surface area contributed by atoms with Gasteiger partial charge in [0.05, 0.1) is 11.2 Å². The van der Waals surface area contributed by atoms with Gasteiger partial charge in [-0.05, 0) is 54.1 Å². The summed E-state index contributed by atoms with van der Waals surface area (Å²) in [5, 5.41) is 3.49. The fourth-order valence-electron chi connectivity index (χ4n) is 3.71. The first-order valence-electron chi connectivity index (χ1n) is 7.90. The molecule has 1 fully saturated rings. The van der Waals surface area contributed by atoms with E-state index in [2.05, 4.69) is 79.7 Å². The summed E-state index contributed by atoms with van der Waals surface area (Å²) in [4.78, 5) is 2.49. The molecule has 1 rings (SSSR count). The van der Waals surface area contributed by atoms with Crippen LogP contribution in [0.3, 0.4) is 0 Å². The lowest BCUT2D eigenvalue weighted by Gasteiger charge is -2.40. The normalized spacial score (nSPS) is 30.8. The predicted molar refractivity (Wildman–Crippen MR) is 87.1 cm³/mol. The minimum Gasteiger partial charge on any atom is -0.368 e. The lowest BCUT2D eigenvalue weighted by atomic mass is 9.80. The van der Waals surface area contributed by atoms with Gasteiger partial charge in [0.2, 0.25) is 0 Å². The van der Waals surface area contributed by atoms with Gasteiger partial charge in [0.1, 0.15) is 0 Å². The SMILES string of the molecule is CNC1C(CN(C)C(C)C(C)(C)C)C(C)(C)OC1(C)C. The summed E-state index contributed by atoms with van der Waals surface area (Å²) in [6.45, 7) is 19.2. The van der Waals surface area contributed by atoms with E-state index >= 15 is 0 Å². The maximum Gasteiger partial charge on any atom is 0.0790 e. The van der Waals surface area contributed by atoms with E-state index in [0.717, 1.165) is 6.54 Å². The van der Waals surface area contributed by atoms with Crippen molar-refractivity contribution in [2.45, 2.75) is 78.7 Å². The molecule has 3 atom stereocenters. The zero-order valence-corrected chi connectivity index (χ0v) is 15.3. The van der Waals surface area contributed by atoms with Crippen LogP contribution in [-0.2, 0) is 4.74 Å². The molecule has 20 heavy (non-hydrogen) atoms. The van der Waals surface area contributed by atoms with Crippen molar-refractivity contribution >= 4 is 0 Å². The number of rotatable bonds is 4. The smallest absolute Gasteiger partial charge is 0.0790 e. The summed E-state index contributed by atoms with van der Waals surface area (Å²) in [7, 11) is 4.29. The van der Waals surface area contributed by atoms with Crippen LogP contribution in [0.25, 0.3) is 0 Å². The summed E-state index contributed by atoms with van der Waals surface area (Å²) in [6, 6.07) is 0.923. The molecule has 3 nitrogen and oxygen atoms in total. The third-order valence-electron chi connectivity index (χ3n) is 5.28. The second kappa shape index (κ2) is 5.58. The molecule has 120 valence electrons. The minimum absolute atomic E-state index is 0.0942. The number of likely N-dealkylation sites (N-methyl/N-ethyl adjacent to an activating group) is 1. The molecule has 0 aromatic rings. The average Bonchev–Trinajstić information content (AvgIpc) is 2.40. The molecule has 3 unspecified atom stereocenters. The molecule has 0 aromatic carbocycles. The average molecular weight is 284 g/mol. The van der Waals surface area contributed by atoms with Crippen LogP contribution < -0.4 is 5.32 Å². The van der Waals surface area contributed by atoms with Crippen molar-refractivity contribution in [3.8, 4) is 0 Å². The van der Waals surface area contributed by atoms with Crippen molar-refractivity contribution in [1.82, 2.24) is 10.2 Å². The van der Waals surface area contributed by atoms with Crippen molar-refractivity contribution in [2.75, 3.05) is 20.6 Å². The van der Waals surface area contributed by atoms with E-state index in [4.69, 9.17) is 4.74 Å². The zero-order valence-electron chi connectivity index (χ0n) is 15.3. The van der Waals surface area contributed by atoms with Gasteiger partial charge in [-0.25, -0.2) is 0 Å². The van der Waals surface area contributed by atoms with Crippen LogP contribution in [-0.4, -0.2) is 48.8 Å². The van der Waals surface area contributed by atoms with Crippen LogP contribution in [0.2, 0.25) is 0 Å². The van der Waals surface area contributed by atoms with Crippen molar-refractivity contribution < 1.29 is 4.74 Å². The van der Waals surface area contributed by atoms with Crippen molar-refractivity contribution in [3.63, 3.8) is 0 Å². The highest BCUT2D eigenvalue weighted by Crippen LogP contribution is 2.42. The molecule has 1 N–H and O–H groups in total. The predicted octanol–water partition coefficient (Wildman–Crippen LogP) is 3.14. The van der Waals surface area contributed by atoms with E-state index in [1.807, 2.05) is 0 Å². The monoisotopic (exact) mass is 284 g/mol. The lowest BCUT2D eigenvalue weighted by molar-refractivity contribution is -0.0802. The highest BCUT2D eigenvalue weighted by molar-refractivity contribution is 5.06. The number of hydrogen-bond acceptors (Lipinski definition) is 3. The molecule has 0 saturated carbocycles. The van der Waals surface area contributed by atoms with Crippen LogP contribution in [0.5, 0.6) is 0 Å². The fraction of sp³-hybridized carbons (Fsp3) is 1.00. The van der Waals surface area contributed by atoms with E-state index in [0.29, 0.717) is 23.4 Å². The van der Waals surface area contributed by atoms with Gasteiger partial charge in [-0.2, -0.15) is 0 Å². The number of ether oxygens (including phenoxy) is 1. The molecule has 0 aromatic heterocycles. The quantitative estimate of drug-likeness (QED) is 0.858. The zero-order chi connectivity index (χ0) is 15.9. The van der Waals surface area contributed by atoms with Crippen LogP contribution in [0.1, 0.15) is 55.4 Å². The topological polar surface area (TPSA) is 24.5 Å². The van der Waals surface area contributed by atoms with Gasteiger partial charge in [-0.3, -0.25) is 0 Å². The Morgan fingerprint density at radius 1 is 1.15 bits per heavy atom. The summed E-state index contributed by atoms with van der Waals surface area (Å²) in [5.41, 5.74) is 0.0841. The van der Waals surface area contributed by atoms with Gasteiger partial charge in [0, 0.05) is 24.5 Å². The second-order valence-electron chi connectivity index (χ2n) is 8.66. The maximum atomic E-state index is 6.33. The van der Waals surface area contributed by atoms with Crippen LogP contribution >= 0.6 is 0 Å². The first-order valence-corrected chi connectivity index (χ1v) is 7.90. The lowest BCUT2D eigenvalue weighted by Crippen LogP contribution is -2.51. The molecular weight excluding hydrogens is 248 g/mol.